The Balaban J connectivity index is 2.11. The highest BCUT2D eigenvalue weighted by Crippen LogP contribution is 2.20. The number of thioether (sulfide) groups is 1. The standard InChI is InChI=1S/C14H16N4OS/c1-3-8-20-14-16-13(19)12-10-6-4-5-7-11(10)15-9(2)18(12)17-14/h4-7,9H,3,8H2,1-2H3,(H,16,17,19). The molecule has 2 aliphatic heterocycles. The number of hydrazone groups is 1. The third kappa shape index (κ3) is 2.20. The third-order valence-corrected chi connectivity index (χ3v) is 4.21. The summed E-state index contributed by atoms with van der Waals surface area (Å²) in [7, 11) is 0. The summed E-state index contributed by atoms with van der Waals surface area (Å²) >= 11 is 1.56. The maximum absolute atomic E-state index is 12.4. The molecule has 3 rings (SSSR count). The molecule has 2 heterocycles. The molecule has 1 amide bonds. The van der Waals surface area contributed by atoms with Crippen molar-refractivity contribution in [1.29, 1.82) is 0 Å². The van der Waals surface area contributed by atoms with Crippen molar-refractivity contribution in [2.24, 2.45) is 10.1 Å². The predicted molar refractivity (Wildman–Crippen MR) is 80.3 cm³/mol. The normalized spacial score (nSPS) is 20.6. The second-order valence-corrected chi connectivity index (χ2v) is 5.76. The van der Waals surface area contributed by atoms with Crippen LogP contribution in [0.15, 0.2) is 34.4 Å². The Morgan fingerprint density at radius 3 is 3.00 bits per heavy atom. The lowest BCUT2D eigenvalue weighted by Gasteiger charge is -2.32. The van der Waals surface area contributed by atoms with Gasteiger partial charge >= 0.3 is 0 Å². The molecule has 1 aromatic rings. The van der Waals surface area contributed by atoms with E-state index in [4.69, 9.17) is 0 Å². The van der Waals surface area contributed by atoms with Crippen molar-refractivity contribution >= 4 is 28.5 Å². The van der Waals surface area contributed by atoms with Crippen LogP contribution in [0.3, 0.4) is 0 Å². The van der Waals surface area contributed by atoms with Crippen molar-refractivity contribution in [3.63, 3.8) is 0 Å². The first kappa shape index (κ1) is 13.2. The topological polar surface area (TPSA) is 57.1 Å². The molecule has 0 saturated heterocycles. The maximum Gasteiger partial charge on any atom is 0.276 e. The van der Waals surface area contributed by atoms with Gasteiger partial charge in [0, 0.05) is 11.0 Å². The number of amides is 1. The summed E-state index contributed by atoms with van der Waals surface area (Å²) in [5.41, 5.74) is 0.587. The van der Waals surface area contributed by atoms with Gasteiger partial charge in [-0.05, 0) is 19.4 Å². The highest BCUT2D eigenvalue weighted by Gasteiger charge is 2.31. The van der Waals surface area contributed by atoms with Gasteiger partial charge in [-0.2, -0.15) is 0 Å². The van der Waals surface area contributed by atoms with Crippen LogP contribution in [0, 0.1) is 0 Å². The summed E-state index contributed by atoms with van der Waals surface area (Å²) in [6, 6.07) is 7.67. The molecule has 0 radical (unpaired) electrons. The van der Waals surface area contributed by atoms with E-state index in [-0.39, 0.29) is 12.1 Å². The van der Waals surface area contributed by atoms with Crippen molar-refractivity contribution in [3.8, 4) is 0 Å². The average Bonchev–Trinajstić information content (AvgIpc) is 2.45. The number of carbonyl (C=O) groups excluding carboxylic acids is 1. The van der Waals surface area contributed by atoms with Crippen LogP contribution >= 0.6 is 11.8 Å². The molecular formula is C14H16N4OS. The molecule has 20 heavy (non-hydrogen) atoms. The van der Waals surface area contributed by atoms with E-state index in [1.807, 2.05) is 31.2 Å². The van der Waals surface area contributed by atoms with Gasteiger partial charge in [0.1, 0.15) is 11.9 Å². The van der Waals surface area contributed by atoms with Crippen LogP contribution in [0.4, 0.5) is 0 Å². The van der Waals surface area contributed by atoms with Gasteiger partial charge in [-0.25, -0.2) is 5.01 Å². The first-order valence-electron chi connectivity index (χ1n) is 6.70. The first-order chi connectivity index (χ1) is 9.70. The Kier molecular flexibility index (Phi) is 3.48. The van der Waals surface area contributed by atoms with Crippen molar-refractivity contribution in [1.82, 2.24) is 10.3 Å². The number of carbonyl (C=O) groups is 1. The summed E-state index contributed by atoms with van der Waals surface area (Å²) in [6.45, 7) is 4.05. The lowest BCUT2D eigenvalue weighted by atomic mass is 10.2. The minimum absolute atomic E-state index is 0.104. The van der Waals surface area contributed by atoms with E-state index in [0.29, 0.717) is 10.9 Å². The Bertz CT molecular complexity index is 697. The molecule has 1 unspecified atom stereocenters. The molecule has 6 heteroatoms. The van der Waals surface area contributed by atoms with Crippen molar-refractivity contribution in [3.05, 3.63) is 34.8 Å². The molecule has 0 fully saturated rings. The number of amidine groups is 1. The molecule has 1 atom stereocenters. The SMILES string of the molecule is CCCSC1=NN2C(=c3ccccc3=NC2C)C(=O)N1. The Hall–Kier alpha value is -1.82. The van der Waals surface area contributed by atoms with E-state index in [1.165, 1.54) is 0 Å². The number of hydrogen-bond acceptors (Lipinski definition) is 5. The fraction of sp³-hybridized carbons (Fsp3) is 0.357. The number of fused-ring (bicyclic) bond motifs is 2. The molecule has 0 saturated carbocycles. The monoisotopic (exact) mass is 288 g/mol. The quantitative estimate of drug-likeness (QED) is 0.868. The van der Waals surface area contributed by atoms with Crippen LogP contribution in [0.5, 0.6) is 0 Å². The van der Waals surface area contributed by atoms with Gasteiger partial charge in [0.2, 0.25) is 0 Å². The van der Waals surface area contributed by atoms with Crippen molar-refractivity contribution in [2.45, 2.75) is 26.4 Å². The Morgan fingerprint density at radius 1 is 1.40 bits per heavy atom. The van der Waals surface area contributed by atoms with Crippen LogP contribution in [-0.4, -0.2) is 28.0 Å². The molecule has 1 N–H and O–H groups in total. The number of rotatable bonds is 2. The van der Waals surface area contributed by atoms with Gasteiger partial charge in [-0.15, -0.1) is 5.10 Å². The molecule has 0 aromatic heterocycles. The molecular weight excluding hydrogens is 272 g/mol. The van der Waals surface area contributed by atoms with Crippen LogP contribution in [0.1, 0.15) is 20.3 Å². The average molecular weight is 288 g/mol. The minimum atomic E-state index is -0.164. The van der Waals surface area contributed by atoms with Gasteiger partial charge in [0.15, 0.2) is 5.17 Å². The van der Waals surface area contributed by atoms with Crippen LogP contribution < -0.4 is 15.9 Å². The highest BCUT2D eigenvalue weighted by atomic mass is 32.2. The molecule has 104 valence electrons. The van der Waals surface area contributed by atoms with Gasteiger partial charge < -0.3 is 0 Å². The van der Waals surface area contributed by atoms with Crippen molar-refractivity contribution in [2.75, 3.05) is 5.75 Å². The van der Waals surface area contributed by atoms with Crippen LogP contribution in [0.25, 0.3) is 5.70 Å². The number of benzene rings is 1. The highest BCUT2D eigenvalue weighted by molar-refractivity contribution is 8.13. The summed E-state index contributed by atoms with van der Waals surface area (Å²) in [5, 5.41) is 11.5. The zero-order chi connectivity index (χ0) is 14.1. The Morgan fingerprint density at radius 2 is 2.20 bits per heavy atom. The number of nitrogens with zero attached hydrogens (tertiary/aromatic N) is 3. The molecule has 0 aliphatic carbocycles. The summed E-state index contributed by atoms with van der Waals surface area (Å²) in [6.07, 6.45) is 0.877. The van der Waals surface area contributed by atoms with Gasteiger partial charge in [-0.1, -0.05) is 36.9 Å². The molecule has 1 aromatic carbocycles. The minimum Gasteiger partial charge on any atom is -0.298 e. The maximum atomic E-state index is 12.4. The molecule has 0 spiro atoms. The first-order valence-corrected chi connectivity index (χ1v) is 7.68. The molecule has 2 aliphatic rings. The third-order valence-electron chi connectivity index (χ3n) is 3.15. The molecule has 0 bridgehead atoms. The number of para-hydroxylation sites is 1. The lowest BCUT2D eigenvalue weighted by molar-refractivity contribution is -0.116. The predicted octanol–water partition coefficient (Wildman–Crippen LogP) is 0.620. The van der Waals surface area contributed by atoms with Crippen LogP contribution in [0.2, 0.25) is 0 Å². The van der Waals surface area contributed by atoms with E-state index >= 15 is 0 Å². The van der Waals surface area contributed by atoms with E-state index < -0.39 is 0 Å². The summed E-state index contributed by atoms with van der Waals surface area (Å²) in [5.74, 6) is 0.831. The smallest absolute Gasteiger partial charge is 0.276 e. The van der Waals surface area contributed by atoms with Crippen molar-refractivity contribution < 1.29 is 4.79 Å². The number of nitrogens with one attached hydrogen (secondary N) is 1. The zero-order valence-corrected chi connectivity index (χ0v) is 12.3. The van der Waals surface area contributed by atoms with E-state index in [0.717, 1.165) is 22.7 Å². The fourth-order valence-electron chi connectivity index (χ4n) is 2.26. The lowest BCUT2D eigenvalue weighted by Crippen LogP contribution is -2.51. The van der Waals surface area contributed by atoms with E-state index in [9.17, 15) is 4.79 Å². The fourth-order valence-corrected chi connectivity index (χ4v) is 2.96. The zero-order valence-electron chi connectivity index (χ0n) is 11.5. The van der Waals surface area contributed by atoms with E-state index in [1.54, 1.807) is 16.8 Å². The van der Waals surface area contributed by atoms with Gasteiger partial charge in [0.25, 0.3) is 5.91 Å². The van der Waals surface area contributed by atoms with Crippen LogP contribution in [-0.2, 0) is 4.79 Å². The second-order valence-electron chi connectivity index (χ2n) is 4.68. The summed E-state index contributed by atoms with van der Waals surface area (Å²) < 4.78 is 0. The summed E-state index contributed by atoms with van der Waals surface area (Å²) in [4.78, 5) is 17.0. The molecule has 5 nitrogen and oxygen atoms in total. The Labute approximate surface area is 121 Å². The second kappa shape index (κ2) is 5.28. The van der Waals surface area contributed by atoms with E-state index in [2.05, 4.69) is 22.3 Å². The number of hydrogen-bond donors (Lipinski definition) is 1. The largest absolute Gasteiger partial charge is 0.298 e. The van der Waals surface area contributed by atoms with Gasteiger partial charge in [0.05, 0.1) is 5.36 Å². The van der Waals surface area contributed by atoms with Gasteiger partial charge in [-0.3, -0.25) is 15.1 Å².